The van der Waals surface area contributed by atoms with Crippen LogP contribution in [0, 0.1) is 11.8 Å². The zero-order chi connectivity index (χ0) is 27.9. The van der Waals surface area contributed by atoms with E-state index in [0.29, 0.717) is 19.5 Å². The molecular weight excluding hydrogens is 516 g/mol. The maximum absolute atomic E-state index is 15.1. The Bertz CT molecular complexity index is 1490. The van der Waals surface area contributed by atoms with E-state index in [1.54, 1.807) is 11.8 Å². The summed E-state index contributed by atoms with van der Waals surface area (Å²) in [6.45, 7) is 3.00. The molecule has 6 rings (SSSR count). The first-order valence-corrected chi connectivity index (χ1v) is 14.7. The number of ether oxygens (including phenoxy) is 1. The van der Waals surface area contributed by atoms with E-state index in [1.807, 2.05) is 72.5 Å². The number of carbonyl (C=O) groups excluding carboxylic acids is 2. The molecule has 2 bridgehead atoms. The van der Waals surface area contributed by atoms with Crippen LogP contribution in [0.5, 0.6) is 0 Å². The van der Waals surface area contributed by atoms with Gasteiger partial charge in [-0.2, -0.15) is 0 Å². The van der Waals surface area contributed by atoms with Crippen LogP contribution in [-0.2, 0) is 26.3 Å². The lowest BCUT2D eigenvalue weighted by Crippen LogP contribution is -2.61. The summed E-state index contributed by atoms with van der Waals surface area (Å²) in [5, 5.41) is -0.582. The Hall–Kier alpha value is -3.77. The van der Waals surface area contributed by atoms with E-state index in [9.17, 15) is 4.79 Å². The number of benzene rings is 3. The highest BCUT2D eigenvalue weighted by atomic mass is 32.2. The smallest absolute Gasteiger partial charge is 0.310 e. The van der Waals surface area contributed by atoms with Gasteiger partial charge in [-0.3, -0.25) is 9.59 Å². The van der Waals surface area contributed by atoms with Crippen LogP contribution in [0.2, 0.25) is 0 Å². The maximum Gasteiger partial charge on any atom is 0.310 e. The quantitative estimate of drug-likeness (QED) is 0.279. The van der Waals surface area contributed by atoms with Gasteiger partial charge in [0.1, 0.15) is 5.25 Å². The fourth-order valence-corrected chi connectivity index (χ4v) is 8.48. The molecule has 1 amide bonds. The van der Waals surface area contributed by atoms with Crippen LogP contribution in [0.3, 0.4) is 0 Å². The van der Waals surface area contributed by atoms with E-state index in [1.165, 1.54) is 7.11 Å². The van der Waals surface area contributed by atoms with Crippen molar-refractivity contribution in [3.8, 4) is 0 Å². The summed E-state index contributed by atoms with van der Waals surface area (Å²) in [7, 11) is 3.53. The van der Waals surface area contributed by atoms with Gasteiger partial charge in [0.2, 0.25) is 5.91 Å². The van der Waals surface area contributed by atoms with Crippen molar-refractivity contribution in [2.24, 2.45) is 11.8 Å². The van der Waals surface area contributed by atoms with Crippen molar-refractivity contribution in [2.45, 2.75) is 35.4 Å². The third-order valence-electron chi connectivity index (χ3n) is 8.79. The Morgan fingerprint density at radius 2 is 1.70 bits per heavy atom. The van der Waals surface area contributed by atoms with Crippen molar-refractivity contribution in [1.29, 1.82) is 0 Å². The van der Waals surface area contributed by atoms with Gasteiger partial charge in [-0.05, 0) is 48.6 Å². The molecule has 3 aromatic rings. The van der Waals surface area contributed by atoms with Crippen molar-refractivity contribution >= 4 is 29.3 Å². The lowest BCUT2D eigenvalue weighted by Gasteiger charge is -2.52. The molecule has 1 aliphatic carbocycles. The highest BCUT2D eigenvalue weighted by Gasteiger charge is 2.65. The Morgan fingerprint density at radius 3 is 2.40 bits per heavy atom. The molecule has 5 nitrogen and oxygen atoms in total. The zero-order valence-corrected chi connectivity index (χ0v) is 23.9. The summed E-state index contributed by atoms with van der Waals surface area (Å²) in [4.78, 5) is 34.3. The van der Waals surface area contributed by atoms with Gasteiger partial charge in [0.05, 0.1) is 18.4 Å². The molecule has 204 valence electrons. The van der Waals surface area contributed by atoms with Gasteiger partial charge in [0.25, 0.3) is 0 Å². The number of anilines is 1. The minimum Gasteiger partial charge on any atom is -0.469 e. The highest BCUT2D eigenvalue weighted by molar-refractivity contribution is 8.00. The number of rotatable bonds is 5. The van der Waals surface area contributed by atoms with Crippen molar-refractivity contribution < 1.29 is 14.3 Å². The summed E-state index contributed by atoms with van der Waals surface area (Å²) in [6.07, 6.45) is 5.09. The SMILES string of the molecule is C/C=C1/CN(Cc2ccccc2)C(=O)[C@H](Sc2ccccc2)[C@@]23C(=CC[C@@H]1[C@@H]2C(=O)OC)N(C)c1ccccc13. The second-order valence-corrected chi connectivity index (χ2v) is 11.9. The number of esters is 1. The van der Waals surface area contributed by atoms with Crippen molar-refractivity contribution in [2.75, 3.05) is 25.6 Å². The molecule has 0 saturated carbocycles. The van der Waals surface area contributed by atoms with Crippen LogP contribution in [-0.4, -0.2) is 42.7 Å². The summed E-state index contributed by atoms with van der Waals surface area (Å²) in [5.41, 5.74) is 4.35. The molecule has 4 atom stereocenters. The minimum absolute atomic E-state index is 0.0299. The molecule has 1 fully saturated rings. The average Bonchev–Trinajstić information content (AvgIpc) is 3.26. The van der Waals surface area contributed by atoms with Crippen LogP contribution in [0.25, 0.3) is 0 Å². The monoisotopic (exact) mass is 550 g/mol. The number of hydrogen-bond acceptors (Lipinski definition) is 5. The van der Waals surface area contributed by atoms with Crippen molar-refractivity contribution in [3.63, 3.8) is 0 Å². The fourth-order valence-electron chi connectivity index (χ4n) is 7.06. The average molecular weight is 551 g/mol. The zero-order valence-electron chi connectivity index (χ0n) is 23.1. The predicted molar refractivity (Wildman–Crippen MR) is 160 cm³/mol. The number of methoxy groups -OCH3 is 1. The second kappa shape index (κ2) is 10.7. The van der Waals surface area contributed by atoms with E-state index in [0.717, 1.165) is 33.0 Å². The third-order valence-corrected chi connectivity index (χ3v) is 10.1. The number of likely N-dealkylation sites (tertiary alicyclic amines) is 1. The van der Waals surface area contributed by atoms with Crippen LogP contribution in [0.1, 0.15) is 24.5 Å². The van der Waals surface area contributed by atoms with E-state index in [4.69, 9.17) is 4.74 Å². The molecule has 2 heterocycles. The third kappa shape index (κ3) is 4.08. The molecule has 1 saturated heterocycles. The van der Waals surface area contributed by atoms with E-state index in [2.05, 4.69) is 48.4 Å². The van der Waals surface area contributed by atoms with Gasteiger partial charge in [-0.15, -0.1) is 11.8 Å². The van der Waals surface area contributed by atoms with Gasteiger partial charge in [-0.1, -0.05) is 84.5 Å². The number of hydrogen-bond donors (Lipinski definition) is 0. The van der Waals surface area contributed by atoms with Crippen molar-refractivity contribution in [3.05, 3.63) is 119 Å². The van der Waals surface area contributed by atoms with Gasteiger partial charge in [-0.25, -0.2) is 0 Å². The Kier molecular flexibility index (Phi) is 7.05. The van der Waals surface area contributed by atoms with Crippen LogP contribution >= 0.6 is 11.8 Å². The lowest BCUT2D eigenvalue weighted by molar-refractivity contribution is -0.151. The summed E-state index contributed by atoms with van der Waals surface area (Å²) in [6, 6.07) is 28.5. The lowest BCUT2D eigenvalue weighted by atomic mass is 9.57. The van der Waals surface area contributed by atoms with Crippen LogP contribution < -0.4 is 4.90 Å². The molecule has 3 aromatic carbocycles. The summed E-state index contributed by atoms with van der Waals surface area (Å²) in [5.74, 6) is -0.866. The molecule has 40 heavy (non-hydrogen) atoms. The first-order chi connectivity index (χ1) is 19.5. The molecule has 3 aliphatic rings. The summed E-state index contributed by atoms with van der Waals surface area (Å²) < 4.78 is 5.58. The largest absolute Gasteiger partial charge is 0.469 e. The number of carbonyl (C=O) groups is 2. The Morgan fingerprint density at radius 1 is 1.02 bits per heavy atom. The normalized spacial score (nSPS) is 26.5. The number of para-hydroxylation sites is 1. The molecule has 6 heteroatoms. The number of likely N-dealkylation sites (N-methyl/N-ethyl adjacent to an activating group) is 1. The van der Waals surface area contributed by atoms with E-state index >= 15 is 4.79 Å². The number of fused-ring (bicyclic) bond motifs is 2. The molecule has 2 aliphatic heterocycles. The first kappa shape index (κ1) is 26.5. The van der Waals surface area contributed by atoms with Crippen LogP contribution in [0.4, 0.5) is 5.69 Å². The summed E-state index contributed by atoms with van der Waals surface area (Å²) >= 11 is 1.57. The van der Waals surface area contributed by atoms with Gasteiger partial charge in [0, 0.05) is 36.4 Å². The molecule has 0 aromatic heterocycles. The standard InChI is InChI=1S/C34H34N2O3S/c1-4-24-22-36(21-23-13-7-5-8-14-23)32(37)31(40-25-15-9-6-10-16-25)34-27-17-11-12-18-28(27)35(2)29(34)20-19-26(24)30(34)33(38)39-3/h4-18,20,26,30-31H,19,21-22H2,1-3H3/b24-4-/t26-,30+,31-,34-/m0/s1. The number of amides is 1. The fraction of sp³-hybridized carbons (Fsp3) is 0.294. The number of thioether (sulfide) groups is 1. The molecule has 1 spiro atoms. The van der Waals surface area contributed by atoms with Crippen molar-refractivity contribution in [1.82, 2.24) is 4.90 Å². The topological polar surface area (TPSA) is 49.9 Å². The van der Waals surface area contributed by atoms with E-state index in [-0.39, 0.29) is 17.8 Å². The first-order valence-electron chi connectivity index (χ1n) is 13.8. The molecule has 0 radical (unpaired) electrons. The Balaban J connectivity index is 1.63. The van der Waals surface area contributed by atoms with E-state index < -0.39 is 16.6 Å². The molecule has 0 N–H and O–H groups in total. The van der Waals surface area contributed by atoms with Gasteiger partial charge in [0.15, 0.2) is 0 Å². The second-order valence-electron chi connectivity index (χ2n) is 10.7. The highest BCUT2D eigenvalue weighted by Crippen LogP contribution is 2.63. The predicted octanol–water partition coefficient (Wildman–Crippen LogP) is 6.22. The molecular formula is C34H34N2O3S. The number of allylic oxidation sites excluding steroid dienone is 3. The Labute approximate surface area is 240 Å². The minimum atomic E-state index is -0.900. The van der Waals surface area contributed by atoms with Crippen LogP contribution in [0.15, 0.2) is 113 Å². The number of nitrogens with zero attached hydrogens (tertiary/aromatic N) is 2. The molecule has 0 unspecified atom stereocenters. The van der Waals surface area contributed by atoms with Gasteiger partial charge >= 0.3 is 5.97 Å². The maximum atomic E-state index is 15.1. The van der Waals surface area contributed by atoms with Gasteiger partial charge < -0.3 is 14.5 Å².